The van der Waals surface area contributed by atoms with E-state index < -0.39 is 16.3 Å². The molecule has 1 saturated heterocycles. The van der Waals surface area contributed by atoms with Gasteiger partial charge in [-0.2, -0.15) is 0 Å². The molecule has 0 aromatic heterocycles. The lowest BCUT2D eigenvalue weighted by Gasteiger charge is -2.36. The Morgan fingerprint density at radius 3 is 3.10 bits per heavy atom. The average Bonchev–Trinajstić information content (AvgIpc) is 2.82. The SMILES string of the molecule is NC1=NC[C@H]2COCC2(c2cc([N+](=O)[O-])ccc2F)O1. The zero-order chi connectivity index (χ0) is 14.3. The fourth-order valence-corrected chi connectivity index (χ4v) is 2.64. The second-order valence-electron chi connectivity index (χ2n) is 4.80. The summed E-state index contributed by atoms with van der Waals surface area (Å²) in [5, 5.41) is 10.9. The normalized spacial score (nSPS) is 28.4. The number of nitrogens with zero attached hydrogens (tertiary/aromatic N) is 2. The van der Waals surface area contributed by atoms with Crippen molar-refractivity contribution >= 4 is 11.7 Å². The Bertz CT molecular complexity index is 606. The number of nitrogens with two attached hydrogens (primary N) is 1. The first-order valence-electron chi connectivity index (χ1n) is 6.04. The maximum Gasteiger partial charge on any atom is 0.282 e. The predicted molar refractivity (Wildman–Crippen MR) is 66.6 cm³/mol. The molecule has 106 valence electrons. The molecule has 2 aliphatic heterocycles. The van der Waals surface area contributed by atoms with E-state index in [0.29, 0.717) is 13.2 Å². The number of non-ortho nitro benzene ring substituents is 1. The van der Waals surface area contributed by atoms with Crippen LogP contribution in [0.5, 0.6) is 0 Å². The van der Waals surface area contributed by atoms with Crippen molar-refractivity contribution in [1.29, 1.82) is 0 Å². The van der Waals surface area contributed by atoms with Crippen molar-refractivity contribution < 1.29 is 18.8 Å². The van der Waals surface area contributed by atoms with Crippen LogP contribution in [0, 0.1) is 21.8 Å². The van der Waals surface area contributed by atoms with E-state index in [0.717, 1.165) is 12.1 Å². The van der Waals surface area contributed by atoms with Crippen LogP contribution in [-0.2, 0) is 15.1 Å². The third kappa shape index (κ3) is 1.80. The van der Waals surface area contributed by atoms with Crippen LogP contribution in [0.15, 0.2) is 23.2 Å². The van der Waals surface area contributed by atoms with Gasteiger partial charge in [-0.3, -0.25) is 10.1 Å². The molecule has 8 heteroatoms. The number of benzene rings is 1. The van der Waals surface area contributed by atoms with Gasteiger partial charge in [-0.1, -0.05) is 0 Å². The molecule has 2 atom stereocenters. The highest BCUT2D eigenvalue weighted by Gasteiger charge is 2.52. The highest BCUT2D eigenvalue weighted by Crippen LogP contribution is 2.43. The number of halogens is 1. The van der Waals surface area contributed by atoms with Crippen LogP contribution in [0.2, 0.25) is 0 Å². The van der Waals surface area contributed by atoms with Gasteiger partial charge in [-0.15, -0.1) is 0 Å². The summed E-state index contributed by atoms with van der Waals surface area (Å²) in [5.74, 6) is -0.799. The Morgan fingerprint density at radius 2 is 2.35 bits per heavy atom. The summed E-state index contributed by atoms with van der Waals surface area (Å²) in [4.78, 5) is 14.3. The molecule has 0 bridgehead atoms. The number of amidine groups is 1. The van der Waals surface area contributed by atoms with Crippen LogP contribution >= 0.6 is 0 Å². The first kappa shape index (κ1) is 12.8. The molecule has 1 unspecified atom stereocenters. The van der Waals surface area contributed by atoms with Crippen LogP contribution in [0.3, 0.4) is 0 Å². The summed E-state index contributed by atoms with van der Waals surface area (Å²) in [7, 11) is 0. The van der Waals surface area contributed by atoms with Crippen LogP contribution in [0.1, 0.15) is 5.56 Å². The standard InChI is InChI=1S/C12H12FN3O4/c13-10-2-1-8(16(17)18)3-9(10)12-6-19-5-7(12)4-15-11(14)20-12/h1-3,7H,4-6H2,(H2,14,15)/t7-,12?/m0/s1. The third-order valence-corrected chi connectivity index (χ3v) is 3.67. The number of nitro groups is 1. The first-order chi connectivity index (χ1) is 9.53. The van der Waals surface area contributed by atoms with Crippen molar-refractivity contribution in [3.8, 4) is 0 Å². The van der Waals surface area contributed by atoms with E-state index in [4.69, 9.17) is 15.2 Å². The summed E-state index contributed by atoms with van der Waals surface area (Å²) in [6.45, 7) is 0.777. The van der Waals surface area contributed by atoms with Crippen molar-refractivity contribution in [3.05, 3.63) is 39.7 Å². The Hall–Kier alpha value is -2.22. The van der Waals surface area contributed by atoms with Gasteiger partial charge in [0.15, 0.2) is 5.60 Å². The monoisotopic (exact) mass is 281 g/mol. The molecule has 0 saturated carbocycles. The predicted octanol–water partition coefficient (Wildman–Crippen LogP) is 0.920. The number of hydrogen-bond acceptors (Lipinski definition) is 6. The summed E-state index contributed by atoms with van der Waals surface area (Å²) in [5.41, 5.74) is 4.33. The molecule has 2 aliphatic rings. The molecule has 0 amide bonds. The zero-order valence-electron chi connectivity index (χ0n) is 10.4. The van der Waals surface area contributed by atoms with Crippen molar-refractivity contribution in [2.45, 2.75) is 5.60 Å². The lowest BCUT2D eigenvalue weighted by Crippen LogP contribution is -2.46. The highest BCUT2D eigenvalue weighted by molar-refractivity contribution is 5.73. The van der Waals surface area contributed by atoms with Crippen LogP contribution in [0.25, 0.3) is 0 Å². The van der Waals surface area contributed by atoms with Gasteiger partial charge >= 0.3 is 0 Å². The van der Waals surface area contributed by atoms with Crippen molar-refractivity contribution in [2.24, 2.45) is 16.6 Å². The topological polar surface area (TPSA) is 100.0 Å². The van der Waals surface area contributed by atoms with E-state index >= 15 is 0 Å². The highest BCUT2D eigenvalue weighted by atomic mass is 19.1. The number of fused-ring (bicyclic) bond motifs is 1. The number of aliphatic imine (C=N–C) groups is 1. The summed E-state index contributed by atoms with van der Waals surface area (Å²) >= 11 is 0. The molecule has 2 N–H and O–H groups in total. The minimum Gasteiger partial charge on any atom is -0.451 e. The summed E-state index contributed by atoms with van der Waals surface area (Å²) < 4.78 is 25.0. The Labute approximate surface area is 113 Å². The molecule has 0 spiro atoms. The van der Waals surface area contributed by atoms with E-state index in [1.54, 1.807) is 0 Å². The van der Waals surface area contributed by atoms with Crippen LogP contribution < -0.4 is 5.73 Å². The van der Waals surface area contributed by atoms with Crippen molar-refractivity contribution in [3.63, 3.8) is 0 Å². The van der Waals surface area contributed by atoms with Gasteiger partial charge in [0.1, 0.15) is 5.82 Å². The second-order valence-corrected chi connectivity index (χ2v) is 4.80. The first-order valence-corrected chi connectivity index (χ1v) is 6.04. The Balaban J connectivity index is 2.13. The van der Waals surface area contributed by atoms with E-state index in [2.05, 4.69) is 4.99 Å². The maximum absolute atomic E-state index is 14.1. The lowest BCUT2D eigenvalue weighted by molar-refractivity contribution is -0.385. The molecule has 3 rings (SSSR count). The van der Waals surface area contributed by atoms with Crippen molar-refractivity contribution in [1.82, 2.24) is 0 Å². The lowest BCUT2D eigenvalue weighted by atomic mass is 9.82. The Kier molecular flexibility index (Phi) is 2.82. The van der Waals surface area contributed by atoms with Gasteiger partial charge < -0.3 is 15.2 Å². The zero-order valence-corrected chi connectivity index (χ0v) is 10.4. The molecule has 0 aliphatic carbocycles. The van der Waals surface area contributed by atoms with Gasteiger partial charge in [0.05, 0.1) is 24.7 Å². The average molecular weight is 281 g/mol. The summed E-state index contributed by atoms with van der Waals surface area (Å²) in [6, 6.07) is 3.29. The molecule has 0 radical (unpaired) electrons. The van der Waals surface area contributed by atoms with Gasteiger partial charge in [0.25, 0.3) is 11.7 Å². The molecule has 1 fully saturated rings. The summed E-state index contributed by atoms with van der Waals surface area (Å²) in [6.07, 6.45) is 0. The minimum atomic E-state index is -1.14. The van der Waals surface area contributed by atoms with E-state index in [-0.39, 0.29) is 29.8 Å². The molecule has 1 aromatic rings. The number of ether oxygens (including phenoxy) is 2. The molecule has 1 aromatic carbocycles. The van der Waals surface area contributed by atoms with Crippen LogP contribution in [-0.4, -0.2) is 30.7 Å². The van der Waals surface area contributed by atoms with E-state index in [9.17, 15) is 14.5 Å². The smallest absolute Gasteiger partial charge is 0.282 e. The largest absolute Gasteiger partial charge is 0.451 e. The van der Waals surface area contributed by atoms with E-state index in [1.807, 2.05) is 0 Å². The van der Waals surface area contributed by atoms with Crippen LogP contribution in [0.4, 0.5) is 10.1 Å². The van der Waals surface area contributed by atoms with Gasteiger partial charge in [-0.05, 0) is 6.07 Å². The molecular formula is C12H12FN3O4. The molecule has 2 heterocycles. The molecule has 20 heavy (non-hydrogen) atoms. The molecular weight excluding hydrogens is 269 g/mol. The van der Waals surface area contributed by atoms with Gasteiger partial charge in [-0.25, -0.2) is 9.38 Å². The van der Waals surface area contributed by atoms with Crippen molar-refractivity contribution in [2.75, 3.05) is 19.8 Å². The second kappa shape index (κ2) is 4.41. The molecule has 7 nitrogen and oxygen atoms in total. The number of hydrogen-bond donors (Lipinski definition) is 1. The minimum absolute atomic E-state index is 0.0577. The Morgan fingerprint density at radius 1 is 1.55 bits per heavy atom. The van der Waals surface area contributed by atoms with E-state index in [1.165, 1.54) is 6.07 Å². The fourth-order valence-electron chi connectivity index (χ4n) is 2.64. The number of nitro benzene ring substituents is 1. The quantitative estimate of drug-likeness (QED) is 0.641. The maximum atomic E-state index is 14.1. The third-order valence-electron chi connectivity index (χ3n) is 3.67. The fraction of sp³-hybridized carbons (Fsp3) is 0.417. The number of rotatable bonds is 2. The van der Waals surface area contributed by atoms with Gasteiger partial charge in [0.2, 0.25) is 0 Å². The van der Waals surface area contributed by atoms with Gasteiger partial charge in [0, 0.05) is 23.6 Å².